The molecule has 0 aliphatic rings. The van der Waals surface area contributed by atoms with E-state index in [2.05, 4.69) is 5.32 Å². The number of hydrogen-bond acceptors (Lipinski definition) is 5. The van der Waals surface area contributed by atoms with E-state index in [1.165, 1.54) is 6.07 Å². The van der Waals surface area contributed by atoms with E-state index in [1.54, 1.807) is 19.2 Å². The molecule has 30 heavy (non-hydrogen) atoms. The first-order valence-electron chi connectivity index (χ1n) is 10.0. The average molecular weight is 409 g/mol. The summed E-state index contributed by atoms with van der Waals surface area (Å²) < 4.78 is 16.1. The maximum atomic E-state index is 12.5. The molecule has 0 spiro atoms. The number of methoxy groups -OCH3 is 1. The van der Waals surface area contributed by atoms with Crippen molar-refractivity contribution in [2.45, 2.75) is 33.2 Å². The van der Waals surface area contributed by atoms with Crippen molar-refractivity contribution in [1.82, 2.24) is 5.32 Å². The highest BCUT2D eigenvalue weighted by molar-refractivity contribution is 5.82. The van der Waals surface area contributed by atoms with Crippen LogP contribution in [0.5, 0.6) is 11.5 Å². The van der Waals surface area contributed by atoms with Gasteiger partial charge < -0.3 is 19.2 Å². The molecule has 6 heteroatoms. The highest BCUT2D eigenvalue weighted by Gasteiger charge is 2.19. The number of amides is 1. The molecule has 1 N–H and O–H groups in total. The van der Waals surface area contributed by atoms with Gasteiger partial charge in [-0.1, -0.05) is 32.9 Å². The average Bonchev–Trinajstić information content (AvgIpc) is 2.75. The van der Waals surface area contributed by atoms with Crippen molar-refractivity contribution in [2.75, 3.05) is 13.7 Å². The van der Waals surface area contributed by atoms with Gasteiger partial charge in [0.2, 0.25) is 0 Å². The van der Waals surface area contributed by atoms with Crippen LogP contribution < -0.4 is 20.4 Å². The van der Waals surface area contributed by atoms with Gasteiger partial charge in [-0.2, -0.15) is 0 Å². The number of carbonyl (C=O) groups excluding carboxylic acids is 1. The molecule has 158 valence electrons. The van der Waals surface area contributed by atoms with Gasteiger partial charge in [0.15, 0.2) is 6.61 Å². The summed E-state index contributed by atoms with van der Waals surface area (Å²) in [5.41, 5.74) is 1.98. The molecule has 0 unspecified atom stereocenters. The number of carbonyl (C=O) groups is 1. The zero-order valence-corrected chi connectivity index (χ0v) is 17.7. The molecule has 2 aromatic carbocycles. The summed E-state index contributed by atoms with van der Waals surface area (Å²) in [5, 5.41) is 3.90. The molecule has 3 aromatic rings. The molecule has 0 fully saturated rings. The lowest BCUT2D eigenvalue weighted by atomic mass is 9.96. The van der Waals surface area contributed by atoms with Gasteiger partial charge in [-0.05, 0) is 47.7 Å². The Balaban J connectivity index is 1.68. The number of fused-ring (bicyclic) bond motifs is 1. The fraction of sp³-hybridized carbons (Fsp3) is 0.333. The molecule has 0 radical (unpaired) electrons. The van der Waals surface area contributed by atoms with Crippen molar-refractivity contribution >= 4 is 16.9 Å². The first-order chi connectivity index (χ1) is 14.4. The number of ether oxygens (including phenoxy) is 2. The van der Waals surface area contributed by atoms with Crippen LogP contribution in [0.2, 0.25) is 0 Å². The number of nitrogens with one attached hydrogen (secondary N) is 1. The lowest BCUT2D eigenvalue weighted by Crippen LogP contribution is -2.35. The second-order valence-electron chi connectivity index (χ2n) is 7.45. The first-order valence-corrected chi connectivity index (χ1v) is 10.0. The van der Waals surface area contributed by atoms with Crippen molar-refractivity contribution in [2.24, 2.45) is 5.92 Å². The Morgan fingerprint density at radius 2 is 1.77 bits per heavy atom. The molecule has 0 saturated carbocycles. The van der Waals surface area contributed by atoms with Crippen LogP contribution in [0.15, 0.2) is 57.7 Å². The molecule has 0 saturated heterocycles. The number of hydrogen-bond donors (Lipinski definition) is 1. The summed E-state index contributed by atoms with van der Waals surface area (Å²) >= 11 is 0. The SMILES string of the molecule is CCc1cc(=O)oc2cc(OCC(=O)N[C@@H](c3ccc(OC)cc3)C(C)C)ccc12. The third-order valence-electron chi connectivity index (χ3n) is 5.01. The molecule has 1 atom stereocenters. The predicted octanol–water partition coefficient (Wildman–Crippen LogP) is 4.26. The molecule has 1 heterocycles. The minimum absolute atomic E-state index is 0.136. The lowest BCUT2D eigenvalue weighted by molar-refractivity contribution is -0.124. The van der Waals surface area contributed by atoms with Crippen LogP contribution in [-0.2, 0) is 11.2 Å². The van der Waals surface area contributed by atoms with Crippen molar-refractivity contribution in [1.29, 1.82) is 0 Å². The maximum absolute atomic E-state index is 12.5. The van der Waals surface area contributed by atoms with Gasteiger partial charge in [-0.3, -0.25) is 4.79 Å². The van der Waals surface area contributed by atoms with E-state index >= 15 is 0 Å². The van der Waals surface area contributed by atoms with Crippen LogP contribution in [0, 0.1) is 5.92 Å². The summed E-state index contributed by atoms with van der Waals surface area (Å²) in [6.07, 6.45) is 0.729. The van der Waals surface area contributed by atoms with E-state index in [0.717, 1.165) is 28.7 Å². The second kappa shape index (κ2) is 9.48. The van der Waals surface area contributed by atoms with E-state index in [9.17, 15) is 9.59 Å². The Hall–Kier alpha value is -3.28. The molecule has 0 bridgehead atoms. The fourth-order valence-electron chi connectivity index (χ4n) is 3.40. The number of rotatable bonds is 8. The molecular formula is C24H27NO5. The maximum Gasteiger partial charge on any atom is 0.336 e. The van der Waals surface area contributed by atoms with Gasteiger partial charge in [0.05, 0.1) is 13.2 Å². The van der Waals surface area contributed by atoms with Gasteiger partial charge >= 0.3 is 5.63 Å². The molecule has 6 nitrogen and oxygen atoms in total. The Labute approximate surface area is 175 Å². The van der Waals surface area contributed by atoms with E-state index in [4.69, 9.17) is 13.9 Å². The highest BCUT2D eigenvalue weighted by atomic mass is 16.5. The Bertz CT molecular complexity index is 1070. The van der Waals surface area contributed by atoms with E-state index < -0.39 is 5.63 Å². The monoisotopic (exact) mass is 409 g/mol. The summed E-state index contributed by atoms with van der Waals surface area (Å²) in [7, 11) is 1.62. The van der Waals surface area contributed by atoms with Crippen LogP contribution in [0.3, 0.4) is 0 Å². The van der Waals surface area contributed by atoms with E-state index in [1.807, 2.05) is 51.1 Å². The Morgan fingerprint density at radius 3 is 2.40 bits per heavy atom. The van der Waals surface area contributed by atoms with Gasteiger partial charge in [0, 0.05) is 17.5 Å². The van der Waals surface area contributed by atoms with Crippen molar-refractivity contribution < 1.29 is 18.7 Å². The Morgan fingerprint density at radius 1 is 1.07 bits per heavy atom. The van der Waals surface area contributed by atoms with Gasteiger partial charge in [0.1, 0.15) is 17.1 Å². The van der Waals surface area contributed by atoms with Crippen LogP contribution in [0.1, 0.15) is 37.9 Å². The molecule has 0 aliphatic carbocycles. The quantitative estimate of drug-likeness (QED) is 0.563. The molecule has 0 aliphatic heterocycles. The summed E-state index contributed by atoms with van der Waals surface area (Å²) in [4.78, 5) is 24.2. The third-order valence-corrected chi connectivity index (χ3v) is 5.01. The molecule has 1 amide bonds. The smallest absolute Gasteiger partial charge is 0.336 e. The normalized spacial score (nSPS) is 12.0. The lowest BCUT2D eigenvalue weighted by Gasteiger charge is -2.23. The largest absolute Gasteiger partial charge is 0.497 e. The van der Waals surface area contributed by atoms with Gasteiger partial charge in [-0.25, -0.2) is 4.79 Å². The fourth-order valence-corrected chi connectivity index (χ4v) is 3.40. The minimum Gasteiger partial charge on any atom is -0.497 e. The molecule has 1 aromatic heterocycles. The molecular weight excluding hydrogens is 382 g/mol. The van der Waals surface area contributed by atoms with Crippen molar-refractivity contribution in [3.63, 3.8) is 0 Å². The predicted molar refractivity (Wildman–Crippen MR) is 116 cm³/mol. The van der Waals surface area contributed by atoms with E-state index in [-0.39, 0.29) is 24.5 Å². The zero-order chi connectivity index (χ0) is 21.7. The standard InChI is InChI=1S/C24H27NO5/c1-5-16-12-23(27)30-21-13-19(10-11-20(16)21)29-14-22(26)25-24(15(2)3)17-6-8-18(28-4)9-7-17/h6-13,15,24H,5,14H2,1-4H3,(H,25,26)/t24-/m1/s1. The van der Waals surface area contributed by atoms with Crippen LogP contribution in [0.4, 0.5) is 0 Å². The summed E-state index contributed by atoms with van der Waals surface area (Å²) in [6, 6.07) is 14.3. The molecule has 3 rings (SSSR count). The highest BCUT2D eigenvalue weighted by Crippen LogP contribution is 2.25. The van der Waals surface area contributed by atoms with Crippen LogP contribution in [0.25, 0.3) is 11.0 Å². The van der Waals surface area contributed by atoms with E-state index in [0.29, 0.717) is 11.3 Å². The summed E-state index contributed by atoms with van der Waals surface area (Å²) in [5.74, 6) is 1.21. The number of aryl methyl sites for hydroxylation is 1. The van der Waals surface area contributed by atoms with Crippen LogP contribution >= 0.6 is 0 Å². The van der Waals surface area contributed by atoms with Gasteiger partial charge in [-0.15, -0.1) is 0 Å². The second-order valence-corrected chi connectivity index (χ2v) is 7.45. The van der Waals surface area contributed by atoms with Crippen molar-refractivity contribution in [3.8, 4) is 11.5 Å². The summed E-state index contributed by atoms with van der Waals surface area (Å²) in [6.45, 7) is 5.94. The number of benzene rings is 2. The topological polar surface area (TPSA) is 77.8 Å². The Kier molecular flexibility index (Phi) is 6.77. The van der Waals surface area contributed by atoms with Crippen LogP contribution in [-0.4, -0.2) is 19.6 Å². The van der Waals surface area contributed by atoms with Gasteiger partial charge in [0.25, 0.3) is 5.91 Å². The minimum atomic E-state index is -0.395. The third kappa shape index (κ3) is 5.00. The van der Waals surface area contributed by atoms with Crippen molar-refractivity contribution in [3.05, 3.63) is 70.1 Å². The first kappa shape index (κ1) is 21.4. The zero-order valence-electron chi connectivity index (χ0n) is 17.7.